The molecule has 1 aromatic heterocycles. The lowest BCUT2D eigenvalue weighted by Crippen LogP contribution is -2.18. The zero-order valence-electron chi connectivity index (χ0n) is 14.4. The van der Waals surface area contributed by atoms with Crippen LogP contribution in [0.15, 0.2) is 81.1 Å². The third-order valence-corrected chi connectivity index (χ3v) is 4.97. The lowest BCUT2D eigenvalue weighted by molar-refractivity contribution is 0.0955. The summed E-state index contributed by atoms with van der Waals surface area (Å²) in [4.78, 5) is 12.2. The Bertz CT molecular complexity index is 1060. The van der Waals surface area contributed by atoms with E-state index in [1.54, 1.807) is 30.3 Å². The predicted octanol–water partition coefficient (Wildman–Crippen LogP) is 3.15. The summed E-state index contributed by atoms with van der Waals surface area (Å²) in [6, 6.07) is 17.6. The van der Waals surface area contributed by atoms with Crippen LogP contribution in [-0.2, 0) is 10.0 Å². The van der Waals surface area contributed by atoms with Crippen molar-refractivity contribution >= 4 is 27.8 Å². The van der Waals surface area contributed by atoms with Crippen molar-refractivity contribution in [3.05, 3.63) is 83.8 Å². The number of nitrogens with zero attached hydrogens (tertiary/aromatic N) is 1. The second-order valence-electron chi connectivity index (χ2n) is 5.64. The number of rotatable bonds is 6. The van der Waals surface area contributed by atoms with Crippen LogP contribution in [0, 0.1) is 6.92 Å². The third kappa shape index (κ3) is 4.83. The van der Waals surface area contributed by atoms with Gasteiger partial charge in [-0.05, 0) is 55.5 Å². The molecular formula is C19H17N3O4S. The molecule has 0 spiro atoms. The van der Waals surface area contributed by atoms with Crippen molar-refractivity contribution in [3.63, 3.8) is 0 Å². The van der Waals surface area contributed by atoms with Gasteiger partial charge in [0.15, 0.2) is 0 Å². The van der Waals surface area contributed by atoms with Crippen LogP contribution in [0.4, 0.5) is 5.69 Å². The van der Waals surface area contributed by atoms with Gasteiger partial charge in [0.1, 0.15) is 11.5 Å². The van der Waals surface area contributed by atoms with E-state index in [-0.39, 0.29) is 4.90 Å². The molecule has 2 aromatic carbocycles. The largest absolute Gasteiger partial charge is 0.460 e. The first-order chi connectivity index (χ1) is 12.9. The molecule has 0 aliphatic carbocycles. The second kappa shape index (κ2) is 7.88. The number of hydrogen-bond acceptors (Lipinski definition) is 5. The van der Waals surface area contributed by atoms with Crippen LogP contribution >= 0.6 is 0 Å². The highest BCUT2D eigenvalue weighted by Gasteiger charge is 2.13. The SMILES string of the molecule is Cc1ccc(/C=N/NC(=O)c2ccc(NS(=O)(=O)c3ccccc3)cc2)o1. The van der Waals surface area contributed by atoms with Gasteiger partial charge in [0.25, 0.3) is 15.9 Å². The lowest BCUT2D eigenvalue weighted by atomic mass is 10.2. The molecule has 0 atom stereocenters. The number of nitrogens with one attached hydrogen (secondary N) is 2. The summed E-state index contributed by atoms with van der Waals surface area (Å²) in [6.07, 6.45) is 1.40. The summed E-state index contributed by atoms with van der Waals surface area (Å²) >= 11 is 0. The number of aryl methyl sites for hydroxylation is 1. The monoisotopic (exact) mass is 383 g/mol. The van der Waals surface area contributed by atoms with E-state index in [1.165, 1.54) is 42.6 Å². The Balaban J connectivity index is 1.63. The van der Waals surface area contributed by atoms with Crippen molar-refractivity contribution in [3.8, 4) is 0 Å². The maximum Gasteiger partial charge on any atom is 0.271 e. The molecule has 3 rings (SSSR count). The van der Waals surface area contributed by atoms with Crippen molar-refractivity contribution in [2.24, 2.45) is 5.10 Å². The smallest absolute Gasteiger partial charge is 0.271 e. The molecule has 27 heavy (non-hydrogen) atoms. The van der Waals surface area contributed by atoms with Gasteiger partial charge in [-0.2, -0.15) is 5.10 Å². The van der Waals surface area contributed by atoms with Crippen LogP contribution in [-0.4, -0.2) is 20.5 Å². The molecule has 0 fully saturated rings. The van der Waals surface area contributed by atoms with E-state index >= 15 is 0 Å². The highest BCUT2D eigenvalue weighted by molar-refractivity contribution is 7.92. The quantitative estimate of drug-likeness (QED) is 0.504. The van der Waals surface area contributed by atoms with Gasteiger partial charge in [-0.15, -0.1) is 0 Å². The zero-order valence-corrected chi connectivity index (χ0v) is 15.2. The Kier molecular flexibility index (Phi) is 5.37. The van der Waals surface area contributed by atoms with Crippen molar-refractivity contribution in [2.45, 2.75) is 11.8 Å². The minimum Gasteiger partial charge on any atom is -0.460 e. The van der Waals surface area contributed by atoms with E-state index < -0.39 is 15.9 Å². The average Bonchev–Trinajstić information content (AvgIpc) is 3.08. The first-order valence-electron chi connectivity index (χ1n) is 8.02. The van der Waals surface area contributed by atoms with E-state index in [0.29, 0.717) is 17.0 Å². The van der Waals surface area contributed by atoms with Crippen molar-refractivity contribution in [2.75, 3.05) is 4.72 Å². The van der Waals surface area contributed by atoms with Crippen molar-refractivity contribution < 1.29 is 17.6 Å². The first kappa shape index (κ1) is 18.4. The molecule has 3 aromatic rings. The first-order valence-corrected chi connectivity index (χ1v) is 9.50. The average molecular weight is 383 g/mol. The Hall–Kier alpha value is -3.39. The van der Waals surface area contributed by atoms with Crippen LogP contribution in [0.25, 0.3) is 0 Å². The van der Waals surface area contributed by atoms with Gasteiger partial charge in [-0.25, -0.2) is 13.8 Å². The summed E-state index contributed by atoms with van der Waals surface area (Å²) in [5.74, 6) is 0.849. The van der Waals surface area contributed by atoms with Crippen LogP contribution in [0.3, 0.4) is 0 Å². The Morgan fingerprint density at radius 3 is 2.33 bits per heavy atom. The fourth-order valence-corrected chi connectivity index (χ4v) is 3.32. The summed E-state index contributed by atoms with van der Waals surface area (Å²) < 4.78 is 32.3. The van der Waals surface area contributed by atoms with Gasteiger partial charge in [-0.1, -0.05) is 18.2 Å². The molecule has 2 N–H and O–H groups in total. The zero-order chi connectivity index (χ0) is 19.3. The van der Waals surface area contributed by atoms with E-state index in [4.69, 9.17) is 4.42 Å². The van der Waals surface area contributed by atoms with E-state index in [0.717, 1.165) is 5.76 Å². The molecular weight excluding hydrogens is 366 g/mol. The number of carbonyl (C=O) groups is 1. The van der Waals surface area contributed by atoms with Crippen molar-refractivity contribution in [1.29, 1.82) is 0 Å². The molecule has 0 saturated heterocycles. The van der Waals surface area contributed by atoms with Crippen LogP contribution in [0.2, 0.25) is 0 Å². The predicted molar refractivity (Wildman–Crippen MR) is 102 cm³/mol. The topological polar surface area (TPSA) is 101 Å². The van der Waals surface area contributed by atoms with Crippen LogP contribution in [0.5, 0.6) is 0 Å². The highest BCUT2D eigenvalue weighted by atomic mass is 32.2. The normalized spacial score (nSPS) is 11.4. The van der Waals surface area contributed by atoms with Gasteiger partial charge in [0.2, 0.25) is 0 Å². The molecule has 0 aliphatic heterocycles. The molecule has 0 bridgehead atoms. The van der Waals surface area contributed by atoms with Gasteiger partial charge >= 0.3 is 0 Å². The summed E-state index contributed by atoms with van der Waals surface area (Å²) in [5, 5.41) is 3.82. The minimum atomic E-state index is -3.67. The highest BCUT2D eigenvalue weighted by Crippen LogP contribution is 2.16. The maximum atomic E-state index is 12.3. The number of amides is 1. The number of hydrazone groups is 1. The number of hydrogen-bond donors (Lipinski definition) is 2. The summed E-state index contributed by atoms with van der Waals surface area (Å²) in [7, 11) is -3.67. The maximum absolute atomic E-state index is 12.3. The van der Waals surface area contributed by atoms with E-state index in [1.807, 2.05) is 6.92 Å². The minimum absolute atomic E-state index is 0.161. The Labute approximate surface area is 156 Å². The summed E-state index contributed by atoms with van der Waals surface area (Å²) in [5.41, 5.74) is 3.07. The molecule has 1 heterocycles. The molecule has 0 aliphatic rings. The fraction of sp³-hybridized carbons (Fsp3) is 0.0526. The molecule has 7 nitrogen and oxygen atoms in total. The van der Waals surface area contributed by atoms with Gasteiger partial charge < -0.3 is 4.42 Å². The molecule has 0 radical (unpaired) electrons. The molecule has 0 saturated carbocycles. The fourth-order valence-electron chi connectivity index (χ4n) is 2.25. The standard InChI is InChI=1S/C19H17N3O4S/c1-14-7-12-17(26-14)13-20-21-19(23)15-8-10-16(11-9-15)22-27(24,25)18-5-3-2-4-6-18/h2-13,22H,1H3,(H,21,23)/b20-13+. The summed E-state index contributed by atoms with van der Waals surface area (Å²) in [6.45, 7) is 1.81. The van der Waals surface area contributed by atoms with Gasteiger partial charge in [0, 0.05) is 11.3 Å². The molecule has 138 valence electrons. The Morgan fingerprint density at radius 2 is 1.70 bits per heavy atom. The third-order valence-electron chi connectivity index (χ3n) is 3.57. The van der Waals surface area contributed by atoms with E-state index in [9.17, 15) is 13.2 Å². The second-order valence-corrected chi connectivity index (χ2v) is 7.33. The number of sulfonamides is 1. The van der Waals surface area contributed by atoms with Gasteiger partial charge in [0.05, 0.1) is 11.1 Å². The van der Waals surface area contributed by atoms with E-state index in [2.05, 4.69) is 15.2 Å². The lowest BCUT2D eigenvalue weighted by Gasteiger charge is -2.08. The van der Waals surface area contributed by atoms with Crippen molar-refractivity contribution in [1.82, 2.24) is 5.43 Å². The molecule has 8 heteroatoms. The number of benzene rings is 2. The molecule has 0 unspecified atom stereocenters. The molecule has 1 amide bonds. The number of anilines is 1. The van der Waals surface area contributed by atoms with Gasteiger partial charge in [-0.3, -0.25) is 9.52 Å². The van der Waals surface area contributed by atoms with Crippen LogP contribution in [0.1, 0.15) is 21.9 Å². The Morgan fingerprint density at radius 1 is 1.00 bits per heavy atom. The number of carbonyl (C=O) groups excluding carboxylic acids is 1. The van der Waals surface area contributed by atoms with Crippen LogP contribution < -0.4 is 10.1 Å². The number of furan rings is 1.